The van der Waals surface area contributed by atoms with E-state index in [1.54, 1.807) is 0 Å². The highest BCUT2D eigenvalue weighted by Crippen LogP contribution is 2.54. The SMILES string of the molecule is CCOC1CC(NC(=O)NC2CC3CCC2O3)C12CCCC2. The Morgan fingerprint density at radius 3 is 2.68 bits per heavy atom. The smallest absolute Gasteiger partial charge is 0.315 e. The van der Waals surface area contributed by atoms with Crippen LogP contribution < -0.4 is 10.6 Å². The zero-order chi connectivity index (χ0) is 15.2. The molecule has 2 bridgehead atoms. The molecule has 2 saturated heterocycles. The van der Waals surface area contributed by atoms with Gasteiger partial charge in [0.15, 0.2) is 0 Å². The molecule has 22 heavy (non-hydrogen) atoms. The number of fused-ring (bicyclic) bond motifs is 2. The highest BCUT2D eigenvalue weighted by Gasteiger charge is 2.57. The molecule has 0 aromatic rings. The number of amides is 2. The van der Waals surface area contributed by atoms with Crippen LogP contribution in [0.5, 0.6) is 0 Å². The summed E-state index contributed by atoms with van der Waals surface area (Å²) in [4.78, 5) is 12.4. The van der Waals surface area contributed by atoms with Crippen LogP contribution in [0, 0.1) is 5.41 Å². The molecule has 2 aliphatic carbocycles. The van der Waals surface area contributed by atoms with Gasteiger partial charge in [-0.15, -0.1) is 0 Å². The lowest BCUT2D eigenvalue weighted by molar-refractivity contribution is -0.126. The molecule has 4 fully saturated rings. The van der Waals surface area contributed by atoms with Crippen molar-refractivity contribution in [2.75, 3.05) is 6.61 Å². The maximum absolute atomic E-state index is 12.4. The zero-order valence-corrected chi connectivity index (χ0v) is 13.5. The molecular formula is C17H28N2O3. The molecule has 2 amide bonds. The Hall–Kier alpha value is -0.810. The van der Waals surface area contributed by atoms with Gasteiger partial charge < -0.3 is 20.1 Å². The monoisotopic (exact) mass is 308 g/mol. The molecule has 5 nitrogen and oxygen atoms in total. The molecule has 1 spiro atoms. The number of carbonyl (C=O) groups excluding carboxylic acids is 1. The molecule has 2 aliphatic heterocycles. The van der Waals surface area contributed by atoms with Crippen molar-refractivity contribution < 1.29 is 14.3 Å². The van der Waals surface area contributed by atoms with Crippen LogP contribution in [0.1, 0.15) is 58.3 Å². The van der Waals surface area contributed by atoms with E-state index in [1.807, 2.05) is 0 Å². The lowest BCUT2D eigenvalue weighted by Gasteiger charge is -2.54. The van der Waals surface area contributed by atoms with Crippen LogP contribution in [0.3, 0.4) is 0 Å². The minimum Gasteiger partial charge on any atom is -0.378 e. The third kappa shape index (κ3) is 2.33. The number of hydrogen-bond acceptors (Lipinski definition) is 3. The summed E-state index contributed by atoms with van der Waals surface area (Å²) in [5, 5.41) is 6.39. The van der Waals surface area contributed by atoms with Gasteiger partial charge in [0.2, 0.25) is 0 Å². The zero-order valence-electron chi connectivity index (χ0n) is 13.5. The molecule has 5 heteroatoms. The molecule has 2 heterocycles. The molecule has 4 rings (SSSR count). The van der Waals surface area contributed by atoms with Crippen LogP contribution in [0.25, 0.3) is 0 Å². The number of carbonyl (C=O) groups is 1. The van der Waals surface area contributed by atoms with Crippen LogP contribution in [0.15, 0.2) is 0 Å². The minimum atomic E-state index is -0.00706. The molecule has 2 saturated carbocycles. The Morgan fingerprint density at radius 1 is 1.23 bits per heavy atom. The van der Waals surface area contributed by atoms with Crippen LogP contribution in [-0.4, -0.2) is 43.0 Å². The first-order valence-electron chi connectivity index (χ1n) is 9.05. The summed E-state index contributed by atoms with van der Waals surface area (Å²) in [7, 11) is 0. The van der Waals surface area contributed by atoms with E-state index in [0.29, 0.717) is 12.2 Å². The molecule has 0 aromatic carbocycles. The van der Waals surface area contributed by atoms with Crippen molar-refractivity contribution in [3.05, 3.63) is 0 Å². The fraction of sp³-hybridized carbons (Fsp3) is 0.941. The van der Waals surface area contributed by atoms with Crippen molar-refractivity contribution in [3.8, 4) is 0 Å². The second kappa shape index (κ2) is 5.68. The van der Waals surface area contributed by atoms with Crippen molar-refractivity contribution in [2.45, 2.75) is 88.7 Å². The topological polar surface area (TPSA) is 59.6 Å². The van der Waals surface area contributed by atoms with Crippen molar-refractivity contribution in [2.24, 2.45) is 5.41 Å². The fourth-order valence-corrected chi connectivity index (χ4v) is 5.25. The summed E-state index contributed by atoms with van der Waals surface area (Å²) in [5.74, 6) is 0. The Kier molecular flexibility index (Phi) is 3.81. The lowest BCUT2D eigenvalue weighted by atomic mass is 9.60. The highest BCUT2D eigenvalue weighted by atomic mass is 16.5. The van der Waals surface area contributed by atoms with Gasteiger partial charge in [-0.2, -0.15) is 0 Å². The molecule has 5 unspecified atom stereocenters. The summed E-state index contributed by atoms with van der Waals surface area (Å²) in [6.07, 6.45) is 10.1. The van der Waals surface area contributed by atoms with Gasteiger partial charge in [-0.05, 0) is 45.4 Å². The first-order valence-corrected chi connectivity index (χ1v) is 9.05. The third-order valence-electron chi connectivity index (χ3n) is 6.42. The summed E-state index contributed by atoms with van der Waals surface area (Å²) >= 11 is 0. The highest BCUT2D eigenvalue weighted by molar-refractivity contribution is 5.75. The quantitative estimate of drug-likeness (QED) is 0.838. The summed E-state index contributed by atoms with van der Waals surface area (Å²) < 4.78 is 11.7. The molecule has 2 N–H and O–H groups in total. The number of urea groups is 1. The maximum atomic E-state index is 12.4. The summed E-state index contributed by atoms with van der Waals surface area (Å²) in [6.45, 7) is 2.83. The van der Waals surface area contributed by atoms with Crippen LogP contribution in [-0.2, 0) is 9.47 Å². The average molecular weight is 308 g/mol. The van der Waals surface area contributed by atoms with Crippen molar-refractivity contribution in [3.63, 3.8) is 0 Å². The van der Waals surface area contributed by atoms with Crippen LogP contribution in [0.4, 0.5) is 4.79 Å². The van der Waals surface area contributed by atoms with E-state index >= 15 is 0 Å². The van der Waals surface area contributed by atoms with Crippen molar-refractivity contribution in [1.82, 2.24) is 10.6 Å². The van der Waals surface area contributed by atoms with E-state index in [0.717, 1.165) is 32.3 Å². The summed E-state index contributed by atoms with van der Waals surface area (Å²) in [6, 6.07) is 0.486. The number of rotatable bonds is 4. The average Bonchev–Trinajstić information content (AvgIpc) is 3.23. The number of nitrogens with one attached hydrogen (secondary N) is 2. The third-order valence-corrected chi connectivity index (χ3v) is 6.42. The van der Waals surface area contributed by atoms with E-state index < -0.39 is 0 Å². The molecule has 4 aliphatic rings. The predicted octanol–water partition coefficient (Wildman–Crippen LogP) is 2.34. The lowest BCUT2D eigenvalue weighted by Crippen LogP contribution is -2.65. The van der Waals surface area contributed by atoms with Gasteiger partial charge >= 0.3 is 6.03 Å². The number of hydrogen-bond donors (Lipinski definition) is 2. The first kappa shape index (κ1) is 14.8. The van der Waals surface area contributed by atoms with Gasteiger partial charge in [0.05, 0.1) is 24.4 Å². The van der Waals surface area contributed by atoms with Gasteiger partial charge in [-0.25, -0.2) is 4.79 Å². The van der Waals surface area contributed by atoms with E-state index in [2.05, 4.69) is 17.6 Å². The minimum absolute atomic E-state index is 0.00706. The van der Waals surface area contributed by atoms with E-state index in [4.69, 9.17) is 9.47 Å². The number of ether oxygens (including phenoxy) is 2. The summed E-state index contributed by atoms with van der Waals surface area (Å²) in [5.41, 5.74) is 0.207. The maximum Gasteiger partial charge on any atom is 0.315 e. The molecular weight excluding hydrogens is 280 g/mol. The van der Waals surface area contributed by atoms with E-state index in [-0.39, 0.29) is 29.6 Å². The van der Waals surface area contributed by atoms with Gasteiger partial charge in [-0.1, -0.05) is 12.8 Å². The molecule has 5 atom stereocenters. The molecule has 124 valence electrons. The Labute approximate surface area is 132 Å². The Morgan fingerprint density at radius 2 is 2.05 bits per heavy atom. The molecule has 0 radical (unpaired) electrons. The van der Waals surface area contributed by atoms with E-state index in [9.17, 15) is 4.79 Å². The second-order valence-corrected chi connectivity index (χ2v) is 7.51. The van der Waals surface area contributed by atoms with E-state index in [1.165, 1.54) is 25.7 Å². The van der Waals surface area contributed by atoms with Crippen molar-refractivity contribution in [1.29, 1.82) is 0 Å². The van der Waals surface area contributed by atoms with Crippen LogP contribution in [0.2, 0.25) is 0 Å². The largest absolute Gasteiger partial charge is 0.378 e. The van der Waals surface area contributed by atoms with Crippen LogP contribution >= 0.6 is 0 Å². The Bertz CT molecular complexity index is 436. The normalized spacial score (nSPS) is 41.6. The molecule has 0 aromatic heterocycles. The van der Waals surface area contributed by atoms with Gasteiger partial charge in [0.25, 0.3) is 0 Å². The fourth-order valence-electron chi connectivity index (χ4n) is 5.25. The van der Waals surface area contributed by atoms with Gasteiger partial charge in [0.1, 0.15) is 0 Å². The van der Waals surface area contributed by atoms with Crippen molar-refractivity contribution >= 4 is 6.03 Å². The Balaban J connectivity index is 1.32. The second-order valence-electron chi connectivity index (χ2n) is 7.51. The standard InChI is InChI=1S/C17H28N2O3/c1-2-21-15-10-14(17(15)7-3-4-8-17)19-16(20)18-12-9-11-5-6-13(12)22-11/h11-15H,2-10H2,1H3,(H2,18,19,20). The predicted molar refractivity (Wildman–Crippen MR) is 82.7 cm³/mol. The van der Waals surface area contributed by atoms with Gasteiger partial charge in [-0.3, -0.25) is 0 Å². The van der Waals surface area contributed by atoms with Gasteiger partial charge in [0, 0.05) is 18.1 Å². The first-order chi connectivity index (χ1) is 10.7.